The van der Waals surface area contributed by atoms with Crippen LogP contribution in [0.2, 0.25) is 0 Å². The van der Waals surface area contributed by atoms with Gasteiger partial charge in [0.05, 0.1) is 0 Å². The predicted octanol–water partition coefficient (Wildman–Crippen LogP) is 3.24. The van der Waals surface area contributed by atoms with Gasteiger partial charge in [0.2, 0.25) is 0 Å². The van der Waals surface area contributed by atoms with Gasteiger partial charge in [0.15, 0.2) is 5.78 Å². The number of Topliss-reactive ketones (excluding diaryl/α,β-unsaturated/α-hetero) is 1. The van der Waals surface area contributed by atoms with Crippen LogP contribution < -0.4 is 0 Å². The number of rotatable bonds is 6. The Bertz CT molecular complexity index is 342. The molecule has 0 atom stereocenters. The van der Waals surface area contributed by atoms with E-state index in [4.69, 9.17) is 4.74 Å². The van der Waals surface area contributed by atoms with E-state index >= 15 is 0 Å². The molecule has 0 bridgehead atoms. The molecule has 2 nitrogen and oxygen atoms in total. The number of ketones is 1. The minimum Gasteiger partial charge on any atom is -0.373 e. The van der Waals surface area contributed by atoms with Gasteiger partial charge < -0.3 is 4.74 Å². The van der Waals surface area contributed by atoms with E-state index in [2.05, 4.69) is 13.8 Å². The Morgan fingerprint density at radius 3 is 2.62 bits per heavy atom. The smallest absolute Gasteiger partial charge is 0.188 e. The number of hydrogen-bond acceptors (Lipinski definition) is 2. The van der Waals surface area contributed by atoms with Gasteiger partial charge in [-0.05, 0) is 24.8 Å². The highest BCUT2D eigenvalue weighted by Crippen LogP contribution is 2.08. The zero-order valence-corrected chi connectivity index (χ0v) is 10.3. The predicted molar refractivity (Wildman–Crippen MR) is 65.8 cm³/mol. The first-order valence-electron chi connectivity index (χ1n) is 5.78. The van der Waals surface area contributed by atoms with E-state index in [1.54, 1.807) is 0 Å². The molecule has 0 saturated heterocycles. The van der Waals surface area contributed by atoms with Gasteiger partial charge in [-0.25, -0.2) is 0 Å². The highest BCUT2D eigenvalue weighted by Gasteiger charge is 2.08. The Morgan fingerprint density at radius 2 is 2.00 bits per heavy atom. The lowest BCUT2D eigenvalue weighted by molar-refractivity contribution is 0.0739. The van der Waals surface area contributed by atoms with Crippen molar-refractivity contribution >= 4 is 5.78 Å². The van der Waals surface area contributed by atoms with Crippen LogP contribution in [0.15, 0.2) is 24.3 Å². The Hall–Kier alpha value is -1.15. The number of hydrogen-bond donors (Lipinski definition) is 0. The lowest BCUT2D eigenvalue weighted by Gasteiger charge is -2.07. The molecule has 0 aliphatic rings. The standard InChI is InChI=1S/C14H20O2/c1-11(2)8-9-16-10-14(15)13-7-5-4-6-12(13)3/h4-7,11H,8-10H2,1-3H3. The molecule has 0 aliphatic heterocycles. The number of benzene rings is 1. The summed E-state index contributed by atoms with van der Waals surface area (Å²) in [5.41, 5.74) is 1.78. The van der Waals surface area contributed by atoms with Gasteiger partial charge in [-0.1, -0.05) is 38.1 Å². The maximum Gasteiger partial charge on any atom is 0.188 e. The fourth-order valence-corrected chi connectivity index (χ4v) is 1.45. The second-order valence-electron chi connectivity index (χ2n) is 4.47. The van der Waals surface area contributed by atoms with Gasteiger partial charge in [-0.15, -0.1) is 0 Å². The fourth-order valence-electron chi connectivity index (χ4n) is 1.45. The third-order valence-corrected chi connectivity index (χ3v) is 2.52. The second kappa shape index (κ2) is 6.44. The van der Waals surface area contributed by atoms with Crippen LogP contribution >= 0.6 is 0 Å². The number of carbonyl (C=O) groups excluding carboxylic acids is 1. The van der Waals surface area contributed by atoms with Gasteiger partial charge in [0, 0.05) is 12.2 Å². The van der Waals surface area contributed by atoms with Gasteiger partial charge >= 0.3 is 0 Å². The molecule has 0 fully saturated rings. The first-order chi connectivity index (χ1) is 7.61. The number of aryl methyl sites for hydroxylation is 1. The largest absolute Gasteiger partial charge is 0.373 e. The Labute approximate surface area is 97.6 Å². The van der Waals surface area contributed by atoms with E-state index in [1.165, 1.54) is 0 Å². The normalized spacial score (nSPS) is 10.8. The summed E-state index contributed by atoms with van der Waals surface area (Å²) in [7, 11) is 0. The van der Waals surface area contributed by atoms with E-state index in [-0.39, 0.29) is 12.4 Å². The molecule has 0 aliphatic carbocycles. The minimum atomic E-state index is 0.0712. The van der Waals surface area contributed by atoms with Crippen LogP contribution in [0, 0.1) is 12.8 Å². The number of carbonyl (C=O) groups is 1. The minimum absolute atomic E-state index is 0.0712. The molecule has 0 radical (unpaired) electrons. The summed E-state index contributed by atoms with van der Waals surface area (Å²) in [6, 6.07) is 7.62. The molecule has 0 aromatic heterocycles. The van der Waals surface area contributed by atoms with Crippen LogP contribution in [-0.4, -0.2) is 19.0 Å². The molecule has 0 spiro atoms. The van der Waals surface area contributed by atoms with Crippen LogP contribution in [0.5, 0.6) is 0 Å². The van der Waals surface area contributed by atoms with Crippen molar-refractivity contribution in [3.63, 3.8) is 0 Å². The fraction of sp³-hybridized carbons (Fsp3) is 0.500. The highest BCUT2D eigenvalue weighted by molar-refractivity contribution is 5.98. The lowest BCUT2D eigenvalue weighted by Crippen LogP contribution is -2.11. The molecule has 1 aromatic carbocycles. The van der Waals surface area contributed by atoms with Crippen molar-refractivity contribution in [2.24, 2.45) is 5.92 Å². The van der Waals surface area contributed by atoms with E-state index in [9.17, 15) is 4.79 Å². The maximum atomic E-state index is 11.8. The summed E-state index contributed by atoms with van der Waals surface area (Å²) >= 11 is 0. The third-order valence-electron chi connectivity index (χ3n) is 2.52. The Kier molecular flexibility index (Phi) is 5.20. The summed E-state index contributed by atoms with van der Waals surface area (Å²) in [6.45, 7) is 7.09. The van der Waals surface area contributed by atoms with Crippen LogP contribution in [0.1, 0.15) is 36.2 Å². The maximum absolute atomic E-state index is 11.8. The molecular weight excluding hydrogens is 200 g/mol. The average molecular weight is 220 g/mol. The van der Waals surface area contributed by atoms with Crippen LogP contribution in [0.4, 0.5) is 0 Å². The quantitative estimate of drug-likeness (QED) is 0.543. The summed E-state index contributed by atoms with van der Waals surface area (Å²) in [5, 5.41) is 0. The first-order valence-corrected chi connectivity index (χ1v) is 5.78. The van der Waals surface area contributed by atoms with Crippen LogP contribution in [0.3, 0.4) is 0 Å². The second-order valence-corrected chi connectivity index (χ2v) is 4.47. The molecular formula is C14H20O2. The van der Waals surface area contributed by atoms with Crippen LogP contribution in [0.25, 0.3) is 0 Å². The van der Waals surface area contributed by atoms with Gasteiger partial charge in [-0.3, -0.25) is 4.79 Å². The highest BCUT2D eigenvalue weighted by atomic mass is 16.5. The Balaban J connectivity index is 2.39. The molecule has 1 rings (SSSR count). The van der Waals surface area contributed by atoms with E-state index in [0.29, 0.717) is 12.5 Å². The van der Waals surface area contributed by atoms with Crippen molar-refractivity contribution in [1.82, 2.24) is 0 Å². The van der Waals surface area contributed by atoms with E-state index in [0.717, 1.165) is 17.5 Å². The molecule has 1 aromatic rings. The topological polar surface area (TPSA) is 26.3 Å². The van der Waals surface area contributed by atoms with Gasteiger partial charge in [0.25, 0.3) is 0 Å². The van der Waals surface area contributed by atoms with E-state index in [1.807, 2.05) is 31.2 Å². The first kappa shape index (κ1) is 12.9. The average Bonchev–Trinajstić information content (AvgIpc) is 2.24. The van der Waals surface area contributed by atoms with Crippen molar-refractivity contribution in [1.29, 1.82) is 0 Å². The third kappa shape index (κ3) is 4.15. The zero-order valence-electron chi connectivity index (χ0n) is 10.3. The van der Waals surface area contributed by atoms with Crippen molar-refractivity contribution in [3.8, 4) is 0 Å². The lowest BCUT2D eigenvalue weighted by atomic mass is 10.1. The molecule has 16 heavy (non-hydrogen) atoms. The molecule has 2 heteroatoms. The SMILES string of the molecule is Cc1ccccc1C(=O)COCCC(C)C. The van der Waals surface area contributed by atoms with Crippen molar-refractivity contribution in [2.45, 2.75) is 27.2 Å². The molecule has 0 amide bonds. The number of ether oxygens (including phenoxy) is 1. The molecule has 0 saturated carbocycles. The van der Waals surface area contributed by atoms with Crippen molar-refractivity contribution in [2.75, 3.05) is 13.2 Å². The summed E-state index contributed by atoms with van der Waals surface area (Å²) < 4.78 is 5.37. The monoisotopic (exact) mass is 220 g/mol. The summed E-state index contributed by atoms with van der Waals surface area (Å²) in [6.07, 6.45) is 1.00. The van der Waals surface area contributed by atoms with Gasteiger partial charge in [0.1, 0.15) is 6.61 Å². The molecule has 0 N–H and O–H groups in total. The van der Waals surface area contributed by atoms with Crippen molar-refractivity contribution in [3.05, 3.63) is 35.4 Å². The summed E-state index contributed by atoms with van der Waals surface area (Å²) in [5.74, 6) is 0.690. The summed E-state index contributed by atoms with van der Waals surface area (Å²) in [4.78, 5) is 11.8. The van der Waals surface area contributed by atoms with E-state index < -0.39 is 0 Å². The van der Waals surface area contributed by atoms with Gasteiger partial charge in [-0.2, -0.15) is 0 Å². The van der Waals surface area contributed by atoms with Crippen molar-refractivity contribution < 1.29 is 9.53 Å². The Morgan fingerprint density at radius 1 is 1.31 bits per heavy atom. The van der Waals surface area contributed by atoms with Crippen LogP contribution in [-0.2, 0) is 4.74 Å². The molecule has 0 heterocycles. The zero-order chi connectivity index (χ0) is 12.0. The molecule has 0 unspecified atom stereocenters. The molecule has 88 valence electrons.